The van der Waals surface area contributed by atoms with Crippen molar-refractivity contribution in [2.24, 2.45) is 28.6 Å². The fraction of sp³-hybridized carbons (Fsp3) is 0.857. The number of hydrogen-bond donors (Lipinski definition) is 1. The maximum Gasteiger partial charge on any atom is 0.164 e. The Bertz CT molecular complexity index is 639. The van der Waals surface area contributed by atoms with E-state index in [1.807, 2.05) is 0 Å². The molecule has 4 fully saturated rings. The highest BCUT2D eigenvalue weighted by molar-refractivity contribution is 5.90. The molecule has 5 rings (SSSR count). The highest BCUT2D eigenvalue weighted by Crippen LogP contribution is 2.73. The van der Waals surface area contributed by atoms with Crippen LogP contribution >= 0.6 is 0 Å². The Morgan fingerprint density at radius 3 is 2.79 bits per heavy atom. The molecule has 8 atom stereocenters. The maximum absolute atomic E-state index is 12.4. The van der Waals surface area contributed by atoms with E-state index in [1.54, 1.807) is 6.92 Å². The summed E-state index contributed by atoms with van der Waals surface area (Å²) in [6.45, 7) is 6.54. The number of rotatable bonds is 1. The topological polar surface area (TPSA) is 49.8 Å². The number of Topliss-reactive ketones (excluding diaryl/α,β-unsaturated/α-hetero) is 1. The molecule has 24 heavy (non-hydrogen) atoms. The molecule has 0 aromatic heterocycles. The van der Waals surface area contributed by atoms with E-state index in [1.165, 1.54) is 12.0 Å². The summed E-state index contributed by atoms with van der Waals surface area (Å²) >= 11 is 0. The van der Waals surface area contributed by atoms with Crippen molar-refractivity contribution in [3.8, 4) is 0 Å². The summed E-state index contributed by atoms with van der Waals surface area (Å²) in [6, 6.07) is 0. The molecule has 5 aliphatic rings. The minimum Gasteiger partial charge on any atom is -0.393 e. The summed E-state index contributed by atoms with van der Waals surface area (Å²) in [5, 5.41) is 10.1. The van der Waals surface area contributed by atoms with E-state index in [0.29, 0.717) is 11.8 Å². The predicted molar refractivity (Wildman–Crippen MR) is 91.4 cm³/mol. The molecule has 0 unspecified atom stereocenters. The number of ketones is 1. The van der Waals surface area contributed by atoms with E-state index in [0.717, 1.165) is 44.4 Å². The molecule has 132 valence electrons. The lowest BCUT2D eigenvalue weighted by molar-refractivity contribution is -0.135. The lowest BCUT2D eigenvalue weighted by Gasteiger charge is -2.58. The van der Waals surface area contributed by atoms with Crippen LogP contribution in [0.25, 0.3) is 0 Å². The van der Waals surface area contributed by atoms with Crippen LogP contribution in [0.15, 0.2) is 11.6 Å². The lowest BCUT2D eigenvalue weighted by Crippen LogP contribution is -2.54. The highest BCUT2D eigenvalue weighted by Gasteiger charge is 2.79. The van der Waals surface area contributed by atoms with Crippen LogP contribution in [0.3, 0.4) is 0 Å². The summed E-state index contributed by atoms with van der Waals surface area (Å²) < 4.78 is 6.00. The van der Waals surface area contributed by atoms with Gasteiger partial charge in [-0.1, -0.05) is 25.5 Å². The third-order valence-corrected chi connectivity index (χ3v) is 9.03. The van der Waals surface area contributed by atoms with E-state index in [4.69, 9.17) is 4.74 Å². The quantitative estimate of drug-likeness (QED) is 0.590. The van der Waals surface area contributed by atoms with Gasteiger partial charge >= 0.3 is 0 Å². The number of ether oxygens (including phenoxy) is 1. The van der Waals surface area contributed by atoms with Crippen molar-refractivity contribution in [3.05, 3.63) is 11.6 Å². The number of epoxide rings is 1. The molecule has 0 radical (unpaired) electrons. The van der Waals surface area contributed by atoms with Gasteiger partial charge in [-0.15, -0.1) is 0 Å². The van der Waals surface area contributed by atoms with E-state index >= 15 is 0 Å². The molecule has 0 spiro atoms. The standard InChI is InChI=1S/C21H30O3/c1-12(22)21-18(24-21)11-17-15-5-4-13-10-14(23)6-8-19(13,2)16(15)7-9-20(17,21)3/h4,14-18,23H,5-11H2,1-3H3/t14-,15-,16+,17-,18-,19+,20+,21-/m1/s1. The van der Waals surface area contributed by atoms with Crippen molar-refractivity contribution in [2.75, 3.05) is 0 Å². The van der Waals surface area contributed by atoms with Gasteiger partial charge in [-0.05, 0) is 75.0 Å². The Labute approximate surface area is 144 Å². The Hall–Kier alpha value is -0.670. The number of fused-ring (bicyclic) bond motifs is 7. The third kappa shape index (κ3) is 1.60. The van der Waals surface area contributed by atoms with Crippen LogP contribution < -0.4 is 0 Å². The molecule has 0 amide bonds. The zero-order valence-electron chi connectivity index (χ0n) is 15.2. The smallest absolute Gasteiger partial charge is 0.164 e. The molecular weight excluding hydrogens is 300 g/mol. The van der Waals surface area contributed by atoms with Crippen molar-refractivity contribution >= 4 is 5.78 Å². The average molecular weight is 330 g/mol. The van der Waals surface area contributed by atoms with Crippen molar-refractivity contribution in [2.45, 2.75) is 83.5 Å². The Balaban J connectivity index is 1.51. The molecule has 4 aliphatic carbocycles. The summed E-state index contributed by atoms with van der Waals surface area (Å²) in [7, 11) is 0. The van der Waals surface area contributed by atoms with Crippen LogP contribution in [0.2, 0.25) is 0 Å². The molecule has 1 heterocycles. The average Bonchev–Trinajstić information content (AvgIpc) is 3.21. The fourth-order valence-corrected chi connectivity index (χ4v) is 7.71. The number of aliphatic hydroxyl groups excluding tert-OH is 1. The van der Waals surface area contributed by atoms with Gasteiger partial charge in [0.05, 0.1) is 12.2 Å². The normalized spacial score (nSPS) is 58.0. The van der Waals surface area contributed by atoms with Crippen LogP contribution in [0.4, 0.5) is 0 Å². The summed E-state index contributed by atoms with van der Waals surface area (Å²) in [4.78, 5) is 12.4. The Morgan fingerprint density at radius 1 is 1.25 bits per heavy atom. The largest absolute Gasteiger partial charge is 0.393 e. The minimum absolute atomic E-state index is 0.0422. The molecule has 1 aliphatic heterocycles. The van der Waals surface area contributed by atoms with E-state index in [-0.39, 0.29) is 28.8 Å². The van der Waals surface area contributed by atoms with Crippen molar-refractivity contribution in [1.29, 1.82) is 0 Å². The summed E-state index contributed by atoms with van der Waals surface area (Å²) in [5.74, 6) is 2.31. The summed E-state index contributed by atoms with van der Waals surface area (Å²) in [5.41, 5.74) is 1.39. The van der Waals surface area contributed by atoms with Crippen LogP contribution in [-0.2, 0) is 9.53 Å². The zero-order valence-corrected chi connectivity index (χ0v) is 15.2. The monoisotopic (exact) mass is 330 g/mol. The number of carbonyl (C=O) groups is 1. The van der Waals surface area contributed by atoms with E-state index < -0.39 is 5.60 Å². The van der Waals surface area contributed by atoms with Crippen LogP contribution in [-0.4, -0.2) is 28.7 Å². The van der Waals surface area contributed by atoms with Gasteiger partial charge in [0.15, 0.2) is 11.4 Å². The molecule has 1 saturated heterocycles. The van der Waals surface area contributed by atoms with Gasteiger partial charge in [-0.3, -0.25) is 4.79 Å². The Kier molecular flexibility index (Phi) is 2.94. The van der Waals surface area contributed by atoms with Crippen LogP contribution in [0, 0.1) is 28.6 Å². The first-order valence-electron chi connectivity index (χ1n) is 9.89. The third-order valence-electron chi connectivity index (χ3n) is 9.03. The first-order valence-corrected chi connectivity index (χ1v) is 9.89. The van der Waals surface area contributed by atoms with Gasteiger partial charge in [0, 0.05) is 5.41 Å². The first-order chi connectivity index (χ1) is 11.3. The van der Waals surface area contributed by atoms with Gasteiger partial charge in [0.1, 0.15) is 0 Å². The van der Waals surface area contributed by atoms with Crippen molar-refractivity contribution < 1.29 is 14.6 Å². The summed E-state index contributed by atoms with van der Waals surface area (Å²) in [6.07, 6.45) is 10.0. The van der Waals surface area contributed by atoms with Crippen LogP contribution in [0.1, 0.15) is 65.7 Å². The molecule has 0 bridgehead atoms. The second-order valence-corrected chi connectivity index (χ2v) is 9.75. The SMILES string of the molecule is CC(=O)[C@@]12O[C@@H]1C[C@@H]1[C@@H]3CC=C4C[C@H](O)CC[C@]4(C)[C@H]3CC[C@@]12C. The van der Waals surface area contributed by atoms with Gasteiger partial charge in [0.2, 0.25) is 0 Å². The number of hydrogen-bond acceptors (Lipinski definition) is 3. The number of aliphatic hydroxyl groups is 1. The fourth-order valence-electron chi connectivity index (χ4n) is 7.71. The van der Waals surface area contributed by atoms with Crippen LogP contribution in [0.5, 0.6) is 0 Å². The number of carbonyl (C=O) groups excluding carboxylic acids is 1. The van der Waals surface area contributed by atoms with Crippen molar-refractivity contribution in [3.63, 3.8) is 0 Å². The zero-order chi connectivity index (χ0) is 16.9. The molecule has 0 aromatic rings. The van der Waals surface area contributed by atoms with Gasteiger partial charge in [-0.25, -0.2) is 0 Å². The second kappa shape index (κ2) is 4.54. The first kappa shape index (κ1) is 15.6. The molecule has 0 aromatic carbocycles. The molecular formula is C21H30O3. The lowest BCUT2D eigenvalue weighted by atomic mass is 9.47. The van der Waals surface area contributed by atoms with Crippen molar-refractivity contribution in [1.82, 2.24) is 0 Å². The van der Waals surface area contributed by atoms with Gasteiger partial charge in [0.25, 0.3) is 0 Å². The van der Waals surface area contributed by atoms with E-state index in [9.17, 15) is 9.90 Å². The predicted octanol–water partition coefficient (Wildman–Crippen LogP) is 3.65. The molecule has 3 saturated carbocycles. The van der Waals surface area contributed by atoms with Gasteiger partial charge in [-0.2, -0.15) is 0 Å². The molecule has 3 heteroatoms. The number of allylic oxidation sites excluding steroid dienone is 1. The second-order valence-electron chi connectivity index (χ2n) is 9.75. The molecule has 3 nitrogen and oxygen atoms in total. The Morgan fingerprint density at radius 2 is 2.04 bits per heavy atom. The maximum atomic E-state index is 12.4. The van der Waals surface area contributed by atoms with Gasteiger partial charge < -0.3 is 9.84 Å². The minimum atomic E-state index is -0.448. The highest BCUT2D eigenvalue weighted by atomic mass is 16.6. The van der Waals surface area contributed by atoms with E-state index in [2.05, 4.69) is 19.9 Å². The molecule has 1 N–H and O–H groups in total.